The smallest absolute Gasteiger partial charge is 0.329 e. The molecule has 120 valence electrons. The van der Waals surface area contributed by atoms with E-state index in [0.29, 0.717) is 23.9 Å². The van der Waals surface area contributed by atoms with Crippen molar-refractivity contribution in [1.82, 2.24) is 14.5 Å². The number of rotatable bonds is 3. The second-order valence-corrected chi connectivity index (χ2v) is 5.53. The van der Waals surface area contributed by atoms with Crippen LogP contribution in [0.15, 0.2) is 33.9 Å². The van der Waals surface area contributed by atoms with Gasteiger partial charge in [-0.2, -0.15) is 0 Å². The first-order chi connectivity index (χ1) is 11.0. The number of aromatic amines is 1. The summed E-state index contributed by atoms with van der Waals surface area (Å²) in [6.45, 7) is 0.0236. The molecule has 1 amide bonds. The summed E-state index contributed by atoms with van der Waals surface area (Å²) in [5.41, 5.74) is -0.777. The van der Waals surface area contributed by atoms with E-state index in [4.69, 9.17) is 5.11 Å². The molecule has 1 aliphatic rings. The second-order valence-electron chi connectivity index (χ2n) is 5.53. The molecule has 1 aromatic carbocycles. The van der Waals surface area contributed by atoms with E-state index < -0.39 is 35.6 Å². The largest absolute Gasteiger partial charge is 0.481 e. The van der Waals surface area contributed by atoms with Crippen LogP contribution in [0.25, 0.3) is 10.9 Å². The maximum Gasteiger partial charge on any atom is 0.329 e. The van der Waals surface area contributed by atoms with Crippen LogP contribution in [0.5, 0.6) is 0 Å². The highest BCUT2D eigenvalue weighted by atomic mass is 16.4. The van der Waals surface area contributed by atoms with Crippen molar-refractivity contribution in [3.05, 3.63) is 45.1 Å². The number of aromatic nitrogens is 2. The summed E-state index contributed by atoms with van der Waals surface area (Å²) >= 11 is 0. The van der Waals surface area contributed by atoms with E-state index in [-0.39, 0.29) is 6.54 Å². The average Bonchev–Trinajstić information content (AvgIpc) is 3.01. The van der Waals surface area contributed by atoms with Crippen LogP contribution in [-0.2, 0) is 16.1 Å². The normalized spacial score (nSPS) is 17.6. The Kier molecular flexibility index (Phi) is 3.73. The number of aliphatic carboxylic acids is 1. The van der Waals surface area contributed by atoms with Crippen molar-refractivity contribution in [2.45, 2.75) is 13.0 Å². The number of nitrogens with zero attached hydrogens (tertiary/aromatic N) is 2. The average molecular weight is 317 g/mol. The summed E-state index contributed by atoms with van der Waals surface area (Å²) in [7, 11) is 0. The van der Waals surface area contributed by atoms with Gasteiger partial charge in [0, 0.05) is 13.1 Å². The molecular formula is C15H15N3O5. The fourth-order valence-corrected chi connectivity index (χ4v) is 2.77. The van der Waals surface area contributed by atoms with Gasteiger partial charge in [0.2, 0.25) is 5.91 Å². The first-order valence-corrected chi connectivity index (χ1v) is 7.20. The predicted molar refractivity (Wildman–Crippen MR) is 81.2 cm³/mol. The predicted octanol–water partition coefficient (Wildman–Crippen LogP) is -0.377. The van der Waals surface area contributed by atoms with Gasteiger partial charge in [0.15, 0.2) is 0 Å². The minimum absolute atomic E-state index is 0.106. The molecule has 1 fully saturated rings. The van der Waals surface area contributed by atoms with E-state index in [9.17, 15) is 19.2 Å². The fourth-order valence-electron chi connectivity index (χ4n) is 2.77. The van der Waals surface area contributed by atoms with Gasteiger partial charge in [0.25, 0.3) is 5.56 Å². The summed E-state index contributed by atoms with van der Waals surface area (Å²) in [6.07, 6.45) is 0.379. The van der Waals surface area contributed by atoms with Crippen LogP contribution in [0.2, 0.25) is 0 Å². The monoisotopic (exact) mass is 317 g/mol. The zero-order valence-corrected chi connectivity index (χ0v) is 12.2. The standard InChI is InChI=1S/C15H15N3O5/c19-12(17-6-5-9(7-17)14(21)22)8-18-13(20)10-3-1-2-4-11(10)16-15(18)23/h1-4,9H,5-8H2,(H,16,23)(H,21,22)/t9-/m0/s1. The third kappa shape index (κ3) is 2.75. The van der Waals surface area contributed by atoms with Gasteiger partial charge in [-0.05, 0) is 18.6 Å². The highest BCUT2D eigenvalue weighted by molar-refractivity contribution is 5.80. The van der Waals surface area contributed by atoms with Crippen molar-refractivity contribution in [1.29, 1.82) is 0 Å². The molecule has 1 aromatic heterocycles. The fraction of sp³-hybridized carbons (Fsp3) is 0.333. The van der Waals surface area contributed by atoms with Gasteiger partial charge < -0.3 is 15.0 Å². The number of carboxylic acid groups (broad SMARTS) is 1. The summed E-state index contributed by atoms with van der Waals surface area (Å²) < 4.78 is 0.846. The Bertz CT molecular complexity index is 898. The van der Waals surface area contributed by atoms with E-state index in [1.54, 1.807) is 24.3 Å². The molecule has 0 aliphatic carbocycles. The van der Waals surface area contributed by atoms with E-state index in [2.05, 4.69) is 4.98 Å². The Labute approximate surface area is 130 Å². The number of amides is 1. The molecule has 0 spiro atoms. The van der Waals surface area contributed by atoms with Crippen molar-refractivity contribution in [2.75, 3.05) is 13.1 Å². The number of carboxylic acids is 1. The molecule has 1 aliphatic heterocycles. The summed E-state index contributed by atoms with van der Waals surface area (Å²) in [5, 5.41) is 9.28. The van der Waals surface area contributed by atoms with Crippen molar-refractivity contribution in [3.63, 3.8) is 0 Å². The Hall–Kier alpha value is -2.90. The number of para-hydroxylation sites is 1. The molecule has 1 atom stereocenters. The maximum atomic E-state index is 12.4. The first kappa shape index (κ1) is 15.0. The number of H-pyrrole nitrogens is 1. The topological polar surface area (TPSA) is 112 Å². The van der Waals surface area contributed by atoms with Crippen LogP contribution < -0.4 is 11.2 Å². The number of fused-ring (bicyclic) bond motifs is 1. The molecule has 8 nitrogen and oxygen atoms in total. The van der Waals surface area contributed by atoms with Crippen molar-refractivity contribution in [2.24, 2.45) is 5.92 Å². The number of hydrogen-bond donors (Lipinski definition) is 2. The Morgan fingerprint density at radius 1 is 1.26 bits per heavy atom. The quantitative estimate of drug-likeness (QED) is 0.801. The van der Waals surface area contributed by atoms with E-state index >= 15 is 0 Å². The lowest BCUT2D eigenvalue weighted by Crippen LogP contribution is -2.41. The molecule has 2 N–H and O–H groups in total. The van der Waals surface area contributed by atoms with Gasteiger partial charge in [-0.25, -0.2) is 4.79 Å². The molecule has 23 heavy (non-hydrogen) atoms. The lowest BCUT2D eigenvalue weighted by Gasteiger charge is -2.16. The third-order valence-corrected chi connectivity index (χ3v) is 4.07. The summed E-state index contributed by atoms with van der Waals surface area (Å²) in [6, 6.07) is 6.56. The Balaban J connectivity index is 1.87. The summed E-state index contributed by atoms with van der Waals surface area (Å²) in [5.74, 6) is -1.97. The lowest BCUT2D eigenvalue weighted by atomic mass is 10.1. The van der Waals surface area contributed by atoms with Gasteiger partial charge in [0.1, 0.15) is 6.54 Å². The highest BCUT2D eigenvalue weighted by Gasteiger charge is 2.31. The van der Waals surface area contributed by atoms with Crippen LogP contribution >= 0.6 is 0 Å². The number of hydrogen-bond acceptors (Lipinski definition) is 4. The number of carbonyl (C=O) groups is 2. The van der Waals surface area contributed by atoms with Gasteiger partial charge in [-0.3, -0.25) is 19.0 Å². The molecule has 0 radical (unpaired) electrons. The Morgan fingerprint density at radius 3 is 2.70 bits per heavy atom. The van der Waals surface area contributed by atoms with Crippen LogP contribution in [0.3, 0.4) is 0 Å². The molecular weight excluding hydrogens is 302 g/mol. The number of likely N-dealkylation sites (tertiary alicyclic amines) is 1. The van der Waals surface area contributed by atoms with E-state index in [1.807, 2.05) is 0 Å². The lowest BCUT2D eigenvalue weighted by molar-refractivity contribution is -0.141. The van der Waals surface area contributed by atoms with Gasteiger partial charge in [0.05, 0.1) is 16.8 Å². The molecule has 1 saturated heterocycles. The van der Waals surface area contributed by atoms with E-state index in [0.717, 1.165) is 4.57 Å². The van der Waals surface area contributed by atoms with Gasteiger partial charge in [-0.1, -0.05) is 12.1 Å². The number of nitrogens with one attached hydrogen (secondary N) is 1. The zero-order valence-electron chi connectivity index (χ0n) is 12.2. The molecule has 0 unspecified atom stereocenters. The summed E-state index contributed by atoms with van der Waals surface area (Å²) in [4.78, 5) is 51.5. The molecule has 3 rings (SSSR count). The highest BCUT2D eigenvalue weighted by Crippen LogP contribution is 2.16. The minimum Gasteiger partial charge on any atom is -0.481 e. The van der Waals surface area contributed by atoms with Crippen LogP contribution in [0.1, 0.15) is 6.42 Å². The van der Waals surface area contributed by atoms with Gasteiger partial charge >= 0.3 is 11.7 Å². The molecule has 8 heteroatoms. The van der Waals surface area contributed by atoms with E-state index in [1.165, 1.54) is 4.90 Å². The first-order valence-electron chi connectivity index (χ1n) is 7.20. The van der Waals surface area contributed by atoms with Crippen LogP contribution in [0.4, 0.5) is 0 Å². The van der Waals surface area contributed by atoms with Crippen molar-refractivity contribution >= 4 is 22.8 Å². The second kappa shape index (κ2) is 5.71. The molecule has 2 aromatic rings. The number of benzene rings is 1. The Morgan fingerprint density at radius 2 is 2.00 bits per heavy atom. The van der Waals surface area contributed by atoms with Crippen molar-refractivity contribution in [3.8, 4) is 0 Å². The molecule has 2 heterocycles. The molecule has 0 saturated carbocycles. The maximum absolute atomic E-state index is 12.4. The third-order valence-electron chi connectivity index (χ3n) is 4.07. The minimum atomic E-state index is -0.944. The van der Waals surface area contributed by atoms with Gasteiger partial charge in [-0.15, -0.1) is 0 Å². The van der Waals surface area contributed by atoms with Crippen LogP contribution in [0, 0.1) is 5.92 Å². The van der Waals surface area contributed by atoms with Crippen LogP contribution in [-0.4, -0.2) is 44.5 Å². The molecule has 0 bridgehead atoms. The number of carbonyl (C=O) groups excluding carboxylic acids is 1. The SMILES string of the molecule is O=C(O)[C@H]1CCN(C(=O)Cn2c(=O)[nH]c3ccccc3c2=O)C1. The van der Waals surface area contributed by atoms with Crippen molar-refractivity contribution < 1.29 is 14.7 Å². The zero-order chi connectivity index (χ0) is 16.6.